The van der Waals surface area contributed by atoms with Crippen molar-refractivity contribution < 1.29 is 18.7 Å². The fourth-order valence-corrected chi connectivity index (χ4v) is 3.19. The van der Waals surface area contributed by atoms with Gasteiger partial charge >= 0.3 is 0 Å². The first-order valence-electron chi connectivity index (χ1n) is 9.73. The summed E-state index contributed by atoms with van der Waals surface area (Å²) in [4.78, 5) is 22.4. The lowest BCUT2D eigenvalue weighted by molar-refractivity contribution is -0.126. The normalized spacial score (nSPS) is 16.0. The van der Waals surface area contributed by atoms with Crippen LogP contribution in [0.2, 0.25) is 0 Å². The number of carbonyl (C=O) groups is 1. The second-order valence-electron chi connectivity index (χ2n) is 7.24. The minimum Gasteiger partial charge on any atom is -0.488 e. The maximum absolute atomic E-state index is 13.4. The first-order chi connectivity index (χ1) is 13.9. The second kappa shape index (κ2) is 9.49. The maximum Gasteiger partial charge on any atom is 0.249 e. The molecule has 1 unspecified atom stereocenters. The van der Waals surface area contributed by atoms with Crippen LogP contribution in [-0.2, 0) is 4.79 Å². The number of nitrogens with zero attached hydrogens (tertiary/aromatic N) is 3. The number of amides is 1. The summed E-state index contributed by atoms with van der Waals surface area (Å²) < 4.78 is 24.9. The molecule has 0 N–H and O–H groups in total. The van der Waals surface area contributed by atoms with Gasteiger partial charge in [0.25, 0.3) is 0 Å². The standard InChI is InChI=1S/C22H26FN3O3/c1-15-6-7-18(23)12-20(15)29-19-8-9-26(13-19)22(27)16(2)5-4-10-28-21-11-17(3)24-14-25-21/h6-7,11-12,14,19H,2,4-5,8-10,13H2,1,3H3. The van der Waals surface area contributed by atoms with Gasteiger partial charge in [0.05, 0.1) is 13.2 Å². The van der Waals surface area contributed by atoms with Crippen LogP contribution in [0.1, 0.15) is 30.5 Å². The number of aryl methyl sites for hydroxylation is 2. The van der Waals surface area contributed by atoms with E-state index >= 15 is 0 Å². The molecule has 0 saturated carbocycles. The molecule has 0 bridgehead atoms. The van der Waals surface area contributed by atoms with Crippen molar-refractivity contribution in [2.45, 2.75) is 39.2 Å². The van der Waals surface area contributed by atoms with Crippen LogP contribution >= 0.6 is 0 Å². The summed E-state index contributed by atoms with van der Waals surface area (Å²) in [6.07, 6.45) is 3.25. The fraction of sp³-hybridized carbons (Fsp3) is 0.409. The van der Waals surface area contributed by atoms with E-state index in [0.29, 0.717) is 56.2 Å². The third kappa shape index (κ3) is 5.76. The van der Waals surface area contributed by atoms with Crippen LogP contribution in [0, 0.1) is 19.7 Å². The van der Waals surface area contributed by atoms with Gasteiger partial charge in [0.15, 0.2) is 0 Å². The van der Waals surface area contributed by atoms with Crippen molar-refractivity contribution in [2.75, 3.05) is 19.7 Å². The minimum atomic E-state index is -0.329. The average Bonchev–Trinajstić information content (AvgIpc) is 3.16. The molecule has 1 aromatic heterocycles. The minimum absolute atomic E-state index is 0.0649. The van der Waals surface area contributed by atoms with E-state index in [-0.39, 0.29) is 17.8 Å². The number of halogens is 1. The van der Waals surface area contributed by atoms with Crippen molar-refractivity contribution >= 4 is 5.91 Å². The zero-order valence-corrected chi connectivity index (χ0v) is 16.9. The lowest BCUT2D eigenvalue weighted by Gasteiger charge is -2.19. The van der Waals surface area contributed by atoms with Gasteiger partial charge in [-0.05, 0) is 38.3 Å². The zero-order valence-electron chi connectivity index (χ0n) is 16.9. The van der Waals surface area contributed by atoms with E-state index in [4.69, 9.17) is 9.47 Å². The Morgan fingerprint density at radius 3 is 2.93 bits per heavy atom. The Morgan fingerprint density at radius 1 is 1.31 bits per heavy atom. The Labute approximate surface area is 170 Å². The van der Waals surface area contributed by atoms with Crippen LogP contribution in [0.25, 0.3) is 0 Å². The number of hydrogen-bond acceptors (Lipinski definition) is 5. The van der Waals surface area contributed by atoms with Crippen LogP contribution in [-0.4, -0.2) is 46.6 Å². The van der Waals surface area contributed by atoms with Gasteiger partial charge in [-0.2, -0.15) is 0 Å². The van der Waals surface area contributed by atoms with Crippen molar-refractivity contribution in [3.05, 3.63) is 59.8 Å². The smallest absolute Gasteiger partial charge is 0.249 e. The molecular weight excluding hydrogens is 373 g/mol. The van der Waals surface area contributed by atoms with E-state index in [9.17, 15) is 9.18 Å². The van der Waals surface area contributed by atoms with Gasteiger partial charge in [0.2, 0.25) is 11.8 Å². The van der Waals surface area contributed by atoms with Gasteiger partial charge in [0.1, 0.15) is 24.0 Å². The van der Waals surface area contributed by atoms with Crippen molar-refractivity contribution in [1.82, 2.24) is 14.9 Å². The van der Waals surface area contributed by atoms with Crippen LogP contribution in [0.3, 0.4) is 0 Å². The van der Waals surface area contributed by atoms with E-state index in [0.717, 1.165) is 11.3 Å². The van der Waals surface area contributed by atoms with E-state index in [1.807, 2.05) is 13.8 Å². The topological polar surface area (TPSA) is 64.6 Å². The highest BCUT2D eigenvalue weighted by molar-refractivity contribution is 5.93. The molecule has 0 aliphatic carbocycles. The van der Waals surface area contributed by atoms with E-state index in [2.05, 4.69) is 16.5 Å². The highest BCUT2D eigenvalue weighted by Gasteiger charge is 2.29. The molecule has 2 aromatic rings. The van der Waals surface area contributed by atoms with Crippen LogP contribution in [0.4, 0.5) is 4.39 Å². The van der Waals surface area contributed by atoms with Crippen molar-refractivity contribution in [1.29, 1.82) is 0 Å². The summed E-state index contributed by atoms with van der Waals surface area (Å²) >= 11 is 0. The molecule has 154 valence electrons. The van der Waals surface area contributed by atoms with Gasteiger partial charge in [-0.25, -0.2) is 14.4 Å². The Kier molecular flexibility index (Phi) is 6.80. The zero-order chi connectivity index (χ0) is 20.8. The molecule has 3 rings (SSSR count). The molecule has 2 heterocycles. The monoisotopic (exact) mass is 399 g/mol. The molecule has 1 aliphatic heterocycles. The Morgan fingerprint density at radius 2 is 2.14 bits per heavy atom. The summed E-state index contributed by atoms with van der Waals surface area (Å²) in [5, 5.41) is 0. The van der Waals surface area contributed by atoms with Crippen molar-refractivity contribution in [2.24, 2.45) is 0 Å². The SMILES string of the molecule is C=C(CCCOc1cc(C)ncn1)C(=O)N1CCC(Oc2cc(F)ccc2C)C1. The van der Waals surface area contributed by atoms with E-state index in [1.54, 1.807) is 17.0 Å². The van der Waals surface area contributed by atoms with Gasteiger partial charge in [-0.3, -0.25) is 4.79 Å². The number of rotatable bonds is 8. The number of carbonyl (C=O) groups excluding carboxylic acids is 1. The molecule has 1 aliphatic rings. The number of aromatic nitrogens is 2. The Bertz CT molecular complexity index is 887. The van der Waals surface area contributed by atoms with Gasteiger partial charge in [-0.15, -0.1) is 0 Å². The summed E-state index contributed by atoms with van der Waals surface area (Å²) in [7, 11) is 0. The van der Waals surface area contributed by atoms with E-state index < -0.39 is 0 Å². The molecule has 1 amide bonds. The summed E-state index contributed by atoms with van der Waals surface area (Å²) in [6.45, 7) is 9.21. The molecule has 29 heavy (non-hydrogen) atoms. The largest absolute Gasteiger partial charge is 0.488 e. The Hall–Kier alpha value is -2.96. The highest BCUT2D eigenvalue weighted by Crippen LogP contribution is 2.24. The molecule has 1 fully saturated rings. The van der Waals surface area contributed by atoms with Crippen molar-refractivity contribution in [3.63, 3.8) is 0 Å². The quantitative estimate of drug-likeness (QED) is 0.501. The third-order valence-electron chi connectivity index (χ3n) is 4.83. The average molecular weight is 399 g/mol. The molecule has 0 spiro atoms. The second-order valence-corrected chi connectivity index (χ2v) is 7.24. The Balaban J connectivity index is 1.42. The van der Waals surface area contributed by atoms with Gasteiger partial charge in [-0.1, -0.05) is 12.6 Å². The first kappa shape index (κ1) is 20.8. The lowest BCUT2D eigenvalue weighted by Crippen LogP contribution is -2.32. The molecule has 7 heteroatoms. The fourth-order valence-electron chi connectivity index (χ4n) is 3.19. The molecule has 0 radical (unpaired) electrons. The number of benzene rings is 1. The predicted molar refractivity (Wildman–Crippen MR) is 107 cm³/mol. The molecule has 1 saturated heterocycles. The number of hydrogen-bond donors (Lipinski definition) is 0. The highest BCUT2D eigenvalue weighted by atomic mass is 19.1. The molecule has 1 atom stereocenters. The summed E-state index contributed by atoms with van der Waals surface area (Å²) in [6, 6.07) is 6.25. The molecule has 1 aromatic carbocycles. The van der Waals surface area contributed by atoms with Crippen LogP contribution in [0.15, 0.2) is 42.7 Å². The van der Waals surface area contributed by atoms with Gasteiger partial charge in [0, 0.05) is 36.4 Å². The number of likely N-dealkylation sites (tertiary alicyclic amines) is 1. The van der Waals surface area contributed by atoms with Crippen molar-refractivity contribution in [3.8, 4) is 11.6 Å². The summed E-state index contributed by atoms with van der Waals surface area (Å²) in [5.41, 5.74) is 2.27. The first-order valence-corrected chi connectivity index (χ1v) is 9.73. The van der Waals surface area contributed by atoms with Gasteiger partial charge < -0.3 is 14.4 Å². The lowest BCUT2D eigenvalue weighted by atomic mass is 10.1. The molecular formula is C22H26FN3O3. The van der Waals surface area contributed by atoms with Crippen LogP contribution < -0.4 is 9.47 Å². The maximum atomic E-state index is 13.4. The van der Waals surface area contributed by atoms with Crippen LogP contribution in [0.5, 0.6) is 11.6 Å². The third-order valence-corrected chi connectivity index (χ3v) is 4.83. The molecule has 6 nitrogen and oxygen atoms in total. The van der Waals surface area contributed by atoms with E-state index in [1.165, 1.54) is 18.5 Å². The summed E-state index contributed by atoms with van der Waals surface area (Å²) in [5.74, 6) is 0.663. The number of ether oxygens (including phenoxy) is 2. The predicted octanol–water partition coefficient (Wildman–Crippen LogP) is 3.63.